The first-order chi connectivity index (χ1) is 30.0. The number of nitrogens with zero attached hydrogens (tertiary/aromatic N) is 1. The van der Waals surface area contributed by atoms with Crippen LogP contribution in [0.4, 0.5) is 0 Å². The third kappa shape index (κ3) is 46.5. The molecule has 0 aliphatic carbocycles. The van der Waals surface area contributed by atoms with Gasteiger partial charge in [0.2, 0.25) is 5.91 Å². The highest BCUT2D eigenvalue weighted by molar-refractivity contribution is 7.45. The van der Waals surface area contributed by atoms with Crippen LogP contribution < -0.4 is 10.2 Å². The second-order valence-electron chi connectivity index (χ2n) is 18.9. The van der Waals surface area contributed by atoms with Crippen molar-refractivity contribution >= 4 is 13.7 Å². The first kappa shape index (κ1) is 60.5. The molecule has 8 nitrogen and oxygen atoms in total. The van der Waals surface area contributed by atoms with Gasteiger partial charge in [-0.1, -0.05) is 204 Å². The van der Waals surface area contributed by atoms with Crippen LogP contribution in [0.3, 0.4) is 0 Å². The number of unbranched alkanes of at least 4 members (excludes halogenated alkanes) is 28. The minimum atomic E-state index is -4.61. The number of carbonyl (C=O) groups excluding carboxylic acids is 1. The van der Waals surface area contributed by atoms with E-state index in [2.05, 4.69) is 55.6 Å². The number of hydrogen-bond donors (Lipinski definition) is 2. The first-order valence-corrected chi connectivity index (χ1v) is 27.5. The molecule has 2 N–H and O–H groups in total. The second kappa shape index (κ2) is 44.7. The number of likely N-dealkylation sites (N-methyl/N-ethyl adjacent to an activating group) is 1. The summed E-state index contributed by atoms with van der Waals surface area (Å²) in [5.74, 6) is -0.216. The average molecular weight is 893 g/mol. The van der Waals surface area contributed by atoms with Crippen LogP contribution in [0.25, 0.3) is 0 Å². The van der Waals surface area contributed by atoms with E-state index in [0.717, 1.165) is 44.9 Å². The number of rotatable bonds is 47. The lowest BCUT2D eigenvalue weighted by molar-refractivity contribution is -0.870. The molecule has 0 aromatic heterocycles. The Labute approximate surface area is 384 Å². The molecule has 0 aromatic rings. The zero-order chi connectivity index (χ0) is 45.7. The largest absolute Gasteiger partial charge is 0.756 e. The molecule has 0 fully saturated rings. The number of carbonyl (C=O) groups is 1. The maximum Gasteiger partial charge on any atom is 0.268 e. The van der Waals surface area contributed by atoms with Crippen LogP contribution in [0.2, 0.25) is 0 Å². The van der Waals surface area contributed by atoms with Gasteiger partial charge in [0.15, 0.2) is 0 Å². The Morgan fingerprint density at radius 2 is 0.903 bits per heavy atom. The lowest BCUT2D eigenvalue weighted by atomic mass is 10.0. The van der Waals surface area contributed by atoms with Gasteiger partial charge in [-0.25, -0.2) is 0 Å². The van der Waals surface area contributed by atoms with Gasteiger partial charge in [0.1, 0.15) is 13.2 Å². The quantitative estimate of drug-likeness (QED) is 0.0273. The van der Waals surface area contributed by atoms with Gasteiger partial charge in [-0.2, -0.15) is 0 Å². The van der Waals surface area contributed by atoms with Gasteiger partial charge >= 0.3 is 0 Å². The summed E-state index contributed by atoms with van der Waals surface area (Å²) in [6.45, 7) is 4.62. The van der Waals surface area contributed by atoms with Gasteiger partial charge in [-0.15, -0.1) is 0 Å². The monoisotopic (exact) mass is 893 g/mol. The van der Waals surface area contributed by atoms with Gasteiger partial charge in [-0.3, -0.25) is 9.36 Å². The Morgan fingerprint density at radius 3 is 1.31 bits per heavy atom. The van der Waals surface area contributed by atoms with Crippen molar-refractivity contribution in [2.45, 2.75) is 244 Å². The molecule has 1 amide bonds. The van der Waals surface area contributed by atoms with E-state index in [9.17, 15) is 19.4 Å². The van der Waals surface area contributed by atoms with Gasteiger partial charge in [0.25, 0.3) is 7.82 Å². The molecule has 3 unspecified atom stereocenters. The van der Waals surface area contributed by atoms with Crippen LogP contribution in [0.1, 0.15) is 232 Å². The summed E-state index contributed by atoms with van der Waals surface area (Å²) < 4.78 is 23.3. The van der Waals surface area contributed by atoms with E-state index in [4.69, 9.17) is 9.05 Å². The number of aliphatic hydroxyl groups is 1. The summed E-state index contributed by atoms with van der Waals surface area (Å²) in [7, 11) is 1.23. The Hall–Kier alpha value is -1.54. The summed E-state index contributed by atoms with van der Waals surface area (Å²) in [5.41, 5.74) is 0. The van der Waals surface area contributed by atoms with Crippen molar-refractivity contribution in [3.05, 3.63) is 48.6 Å². The van der Waals surface area contributed by atoms with Gasteiger partial charge in [0, 0.05) is 6.42 Å². The molecule has 0 aliphatic heterocycles. The second-order valence-corrected chi connectivity index (χ2v) is 20.3. The molecule has 364 valence electrons. The highest BCUT2D eigenvalue weighted by atomic mass is 31.2. The summed E-state index contributed by atoms with van der Waals surface area (Å²) in [5, 5.41) is 13.8. The molecular weight excluding hydrogens is 792 g/mol. The average Bonchev–Trinajstić information content (AvgIpc) is 3.23. The first-order valence-electron chi connectivity index (χ1n) is 26.0. The smallest absolute Gasteiger partial charge is 0.268 e. The third-order valence-corrected chi connectivity index (χ3v) is 12.5. The standard InChI is InChI=1S/C53H101N2O6P/c1-6-8-10-12-14-16-18-20-22-24-25-26-27-28-29-31-32-34-36-38-40-42-44-46-52(56)51(50-61-62(58,59)60-49-48-55(3,4)5)54-53(57)47-45-43-41-39-37-35-33-30-23-21-19-17-15-13-11-9-7-2/h21,23,29,31,36,38,44,46,51-52,56H,6-20,22,24-28,30,32-35,37,39-43,45,47-50H2,1-5H3,(H-,54,57,58,59)/b23-21-,31-29+,38-36+,46-44+. The van der Waals surface area contributed by atoms with Gasteiger partial charge in [-0.05, 0) is 70.6 Å². The summed E-state index contributed by atoms with van der Waals surface area (Å²) in [4.78, 5) is 25.4. The lowest BCUT2D eigenvalue weighted by Gasteiger charge is -2.29. The zero-order valence-electron chi connectivity index (χ0n) is 41.3. The number of aliphatic hydroxyl groups excluding tert-OH is 1. The van der Waals surface area contributed by atoms with Crippen molar-refractivity contribution < 1.29 is 32.9 Å². The van der Waals surface area contributed by atoms with Crippen molar-refractivity contribution in [2.24, 2.45) is 0 Å². The van der Waals surface area contributed by atoms with Crippen LogP contribution >= 0.6 is 7.82 Å². The van der Waals surface area contributed by atoms with E-state index >= 15 is 0 Å². The SMILES string of the molecule is CCCCCCCC/C=C\CCCCCCCCCC(=O)NC(COP(=O)([O-])OCC[N+](C)(C)C)C(O)/C=C/CC/C=C/CC/C=C/CCCCCCCCCCCCCCC. The molecular formula is C53H101N2O6P. The fourth-order valence-corrected chi connectivity index (χ4v) is 8.08. The third-order valence-electron chi connectivity index (χ3n) is 11.5. The Bertz CT molecular complexity index is 1150. The van der Waals surface area contributed by atoms with E-state index in [1.54, 1.807) is 6.08 Å². The number of phosphoric acid groups is 1. The molecule has 0 rings (SSSR count). The molecule has 3 atom stereocenters. The number of phosphoric ester groups is 1. The van der Waals surface area contributed by atoms with Crippen LogP contribution in [-0.4, -0.2) is 68.5 Å². The molecule has 9 heteroatoms. The molecule has 0 heterocycles. The summed E-state index contributed by atoms with van der Waals surface area (Å²) in [6.07, 6.45) is 57.5. The summed E-state index contributed by atoms with van der Waals surface area (Å²) in [6, 6.07) is -0.912. The Kier molecular flexibility index (Phi) is 43.5. The van der Waals surface area contributed by atoms with Crippen LogP contribution in [0, 0.1) is 0 Å². The minimum Gasteiger partial charge on any atom is -0.756 e. The molecule has 0 bridgehead atoms. The van der Waals surface area contributed by atoms with Crippen molar-refractivity contribution in [3.8, 4) is 0 Å². The highest BCUT2D eigenvalue weighted by Crippen LogP contribution is 2.38. The summed E-state index contributed by atoms with van der Waals surface area (Å²) >= 11 is 0. The van der Waals surface area contributed by atoms with E-state index in [1.165, 1.54) is 167 Å². The van der Waals surface area contributed by atoms with Crippen molar-refractivity contribution in [3.63, 3.8) is 0 Å². The molecule has 0 saturated heterocycles. The maximum atomic E-state index is 12.9. The van der Waals surface area contributed by atoms with Crippen molar-refractivity contribution in [1.82, 2.24) is 5.32 Å². The normalized spacial score (nSPS) is 14.5. The van der Waals surface area contributed by atoms with Crippen LogP contribution in [0.5, 0.6) is 0 Å². The van der Waals surface area contributed by atoms with Crippen LogP contribution in [-0.2, 0) is 18.4 Å². The molecule has 0 spiro atoms. The number of quaternary nitrogens is 1. The van der Waals surface area contributed by atoms with Crippen LogP contribution in [0.15, 0.2) is 48.6 Å². The maximum absolute atomic E-state index is 12.9. The molecule has 0 aromatic carbocycles. The van der Waals surface area contributed by atoms with Crippen molar-refractivity contribution in [1.29, 1.82) is 0 Å². The molecule has 0 saturated carbocycles. The van der Waals surface area contributed by atoms with E-state index in [1.807, 2.05) is 27.2 Å². The highest BCUT2D eigenvalue weighted by Gasteiger charge is 2.23. The van der Waals surface area contributed by atoms with E-state index in [-0.39, 0.29) is 12.5 Å². The van der Waals surface area contributed by atoms with E-state index < -0.39 is 26.6 Å². The number of nitrogens with one attached hydrogen (secondary N) is 1. The Balaban J connectivity index is 4.38. The zero-order valence-corrected chi connectivity index (χ0v) is 42.2. The topological polar surface area (TPSA) is 108 Å². The predicted molar refractivity (Wildman–Crippen MR) is 265 cm³/mol. The molecule has 62 heavy (non-hydrogen) atoms. The number of amides is 1. The lowest BCUT2D eigenvalue weighted by Crippen LogP contribution is -2.45. The van der Waals surface area contributed by atoms with Gasteiger partial charge in [0.05, 0.1) is 39.9 Å². The van der Waals surface area contributed by atoms with E-state index in [0.29, 0.717) is 17.4 Å². The fourth-order valence-electron chi connectivity index (χ4n) is 7.36. The fraction of sp³-hybridized carbons (Fsp3) is 0.830. The van der Waals surface area contributed by atoms with Gasteiger partial charge < -0.3 is 28.8 Å². The Morgan fingerprint density at radius 1 is 0.548 bits per heavy atom. The minimum absolute atomic E-state index is 0.0105. The predicted octanol–water partition coefficient (Wildman–Crippen LogP) is 14.6. The van der Waals surface area contributed by atoms with Crippen molar-refractivity contribution in [2.75, 3.05) is 40.9 Å². The number of allylic oxidation sites excluding steroid dienone is 7. The molecule has 0 aliphatic rings. The number of hydrogen-bond acceptors (Lipinski definition) is 6. The molecule has 0 radical (unpaired) electrons.